The third kappa shape index (κ3) is 2.81. The summed E-state index contributed by atoms with van der Waals surface area (Å²) in [7, 11) is 0. The van der Waals surface area contributed by atoms with E-state index in [0.29, 0.717) is 12.1 Å². The molecule has 2 rings (SSSR count). The minimum absolute atomic E-state index is 0.270. The standard InChI is InChI=1S/C15H19F2N3/c1-9(2)20-11(4)15(10(3)19-20)18-8-12-5-6-13(16)7-14(12)17/h5-7,9,18H,8H2,1-4H3. The Morgan fingerprint density at radius 3 is 2.50 bits per heavy atom. The fraction of sp³-hybridized carbons (Fsp3) is 0.400. The van der Waals surface area contributed by atoms with E-state index in [2.05, 4.69) is 24.3 Å². The summed E-state index contributed by atoms with van der Waals surface area (Å²) < 4.78 is 28.4. The molecule has 1 N–H and O–H groups in total. The van der Waals surface area contributed by atoms with Gasteiger partial charge in [0, 0.05) is 24.2 Å². The van der Waals surface area contributed by atoms with Crippen LogP contribution in [0.4, 0.5) is 14.5 Å². The summed E-state index contributed by atoms with van der Waals surface area (Å²) in [4.78, 5) is 0. The van der Waals surface area contributed by atoms with Gasteiger partial charge < -0.3 is 5.32 Å². The number of benzene rings is 1. The second-order valence-electron chi connectivity index (χ2n) is 5.17. The van der Waals surface area contributed by atoms with Crippen molar-refractivity contribution in [3.8, 4) is 0 Å². The van der Waals surface area contributed by atoms with Crippen LogP contribution in [0.3, 0.4) is 0 Å². The van der Waals surface area contributed by atoms with Crippen LogP contribution in [-0.4, -0.2) is 9.78 Å². The van der Waals surface area contributed by atoms with E-state index >= 15 is 0 Å². The van der Waals surface area contributed by atoms with Gasteiger partial charge in [0.15, 0.2) is 0 Å². The number of hydrogen-bond donors (Lipinski definition) is 1. The third-order valence-electron chi connectivity index (χ3n) is 3.28. The normalized spacial score (nSPS) is 11.2. The molecule has 0 atom stereocenters. The first-order valence-corrected chi connectivity index (χ1v) is 6.63. The van der Waals surface area contributed by atoms with Gasteiger partial charge in [0.2, 0.25) is 0 Å². The van der Waals surface area contributed by atoms with Crippen molar-refractivity contribution in [2.45, 2.75) is 40.3 Å². The molecule has 2 aromatic rings. The molecular weight excluding hydrogens is 260 g/mol. The molecule has 0 saturated heterocycles. The Kier molecular flexibility index (Phi) is 4.06. The first kappa shape index (κ1) is 14.5. The molecule has 0 saturated carbocycles. The molecule has 1 aromatic carbocycles. The van der Waals surface area contributed by atoms with Crippen LogP contribution in [0.15, 0.2) is 18.2 Å². The van der Waals surface area contributed by atoms with Crippen LogP contribution >= 0.6 is 0 Å². The molecule has 108 valence electrons. The highest BCUT2D eigenvalue weighted by Crippen LogP contribution is 2.23. The van der Waals surface area contributed by atoms with Gasteiger partial charge in [0.05, 0.1) is 17.1 Å². The highest BCUT2D eigenvalue weighted by Gasteiger charge is 2.13. The zero-order valence-corrected chi connectivity index (χ0v) is 12.2. The molecule has 0 fully saturated rings. The quantitative estimate of drug-likeness (QED) is 0.917. The topological polar surface area (TPSA) is 29.9 Å². The minimum atomic E-state index is -0.564. The predicted molar refractivity (Wildman–Crippen MR) is 75.8 cm³/mol. The first-order valence-electron chi connectivity index (χ1n) is 6.63. The maximum atomic E-state index is 13.6. The Balaban J connectivity index is 2.19. The Morgan fingerprint density at radius 1 is 1.25 bits per heavy atom. The molecular formula is C15H19F2N3. The molecule has 3 nitrogen and oxygen atoms in total. The number of anilines is 1. The average molecular weight is 279 g/mol. The van der Waals surface area contributed by atoms with E-state index in [1.165, 1.54) is 12.1 Å². The van der Waals surface area contributed by atoms with E-state index in [4.69, 9.17) is 0 Å². The van der Waals surface area contributed by atoms with Crippen LogP contribution in [-0.2, 0) is 6.54 Å². The van der Waals surface area contributed by atoms with E-state index in [0.717, 1.165) is 23.1 Å². The SMILES string of the molecule is Cc1nn(C(C)C)c(C)c1NCc1ccc(F)cc1F. The van der Waals surface area contributed by atoms with E-state index in [1.807, 2.05) is 18.5 Å². The van der Waals surface area contributed by atoms with E-state index < -0.39 is 11.6 Å². The fourth-order valence-electron chi connectivity index (χ4n) is 2.27. The van der Waals surface area contributed by atoms with Gasteiger partial charge in [-0.25, -0.2) is 8.78 Å². The number of aromatic nitrogens is 2. The van der Waals surface area contributed by atoms with Crippen LogP contribution in [0.5, 0.6) is 0 Å². The van der Waals surface area contributed by atoms with Gasteiger partial charge in [-0.2, -0.15) is 5.10 Å². The second kappa shape index (κ2) is 5.61. The molecule has 0 aliphatic carbocycles. The lowest BCUT2D eigenvalue weighted by molar-refractivity contribution is 0.516. The van der Waals surface area contributed by atoms with Crippen molar-refractivity contribution >= 4 is 5.69 Å². The maximum absolute atomic E-state index is 13.6. The predicted octanol–water partition coefficient (Wildman–Crippen LogP) is 3.97. The number of nitrogens with one attached hydrogen (secondary N) is 1. The van der Waals surface area contributed by atoms with Crippen LogP contribution in [0, 0.1) is 25.5 Å². The van der Waals surface area contributed by atoms with Crippen molar-refractivity contribution in [2.24, 2.45) is 0 Å². The molecule has 1 heterocycles. The summed E-state index contributed by atoms with van der Waals surface area (Å²) in [5, 5.41) is 7.65. The van der Waals surface area contributed by atoms with Gasteiger partial charge in [-0.1, -0.05) is 6.07 Å². The summed E-state index contributed by atoms with van der Waals surface area (Å²) in [5.41, 5.74) is 3.23. The zero-order valence-electron chi connectivity index (χ0n) is 12.2. The summed E-state index contributed by atoms with van der Waals surface area (Å²) in [6.45, 7) is 8.31. The van der Waals surface area contributed by atoms with Gasteiger partial charge in [-0.3, -0.25) is 4.68 Å². The van der Waals surface area contributed by atoms with Crippen molar-refractivity contribution in [3.63, 3.8) is 0 Å². The Hall–Kier alpha value is -1.91. The van der Waals surface area contributed by atoms with Crippen LogP contribution in [0.1, 0.15) is 36.8 Å². The van der Waals surface area contributed by atoms with Crippen molar-refractivity contribution in [1.29, 1.82) is 0 Å². The number of halogens is 2. The molecule has 20 heavy (non-hydrogen) atoms. The summed E-state index contributed by atoms with van der Waals surface area (Å²) >= 11 is 0. The molecule has 0 aliphatic heterocycles. The van der Waals surface area contributed by atoms with E-state index in [1.54, 1.807) is 0 Å². The second-order valence-corrected chi connectivity index (χ2v) is 5.17. The minimum Gasteiger partial charge on any atom is -0.378 e. The highest BCUT2D eigenvalue weighted by atomic mass is 19.1. The molecule has 0 unspecified atom stereocenters. The van der Waals surface area contributed by atoms with Gasteiger partial charge in [-0.05, 0) is 33.8 Å². The van der Waals surface area contributed by atoms with Gasteiger partial charge in [0.1, 0.15) is 11.6 Å². The van der Waals surface area contributed by atoms with Crippen molar-refractivity contribution < 1.29 is 8.78 Å². The first-order chi connectivity index (χ1) is 9.40. The fourth-order valence-corrected chi connectivity index (χ4v) is 2.27. The van der Waals surface area contributed by atoms with E-state index in [9.17, 15) is 8.78 Å². The largest absolute Gasteiger partial charge is 0.378 e. The summed E-state index contributed by atoms with van der Waals surface area (Å²) in [6.07, 6.45) is 0. The van der Waals surface area contributed by atoms with Gasteiger partial charge in [0.25, 0.3) is 0 Å². The number of hydrogen-bond acceptors (Lipinski definition) is 2. The lowest BCUT2D eigenvalue weighted by atomic mass is 10.2. The number of aryl methyl sites for hydroxylation is 1. The molecule has 1 aromatic heterocycles. The maximum Gasteiger partial charge on any atom is 0.131 e. The molecule has 0 amide bonds. The average Bonchev–Trinajstić information content (AvgIpc) is 2.65. The van der Waals surface area contributed by atoms with Crippen LogP contribution in [0.2, 0.25) is 0 Å². The van der Waals surface area contributed by atoms with Gasteiger partial charge in [-0.15, -0.1) is 0 Å². The number of nitrogens with zero attached hydrogens (tertiary/aromatic N) is 2. The molecule has 0 aliphatic rings. The Bertz CT molecular complexity index is 618. The highest BCUT2D eigenvalue weighted by molar-refractivity contribution is 5.52. The van der Waals surface area contributed by atoms with Crippen molar-refractivity contribution in [2.75, 3.05) is 5.32 Å². The summed E-state index contributed by atoms with van der Waals surface area (Å²) in [5.74, 6) is -1.10. The Morgan fingerprint density at radius 2 is 1.95 bits per heavy atom. The Labute approximate surface area is 117 Å². The molecule has 0 spiro atoms. The van der Waals surface area contributed by atoms with E-state index in [-0.39, 0.29) is 6.04 Å². The lowest BCUT2D eigenvalue weighted by Crippen LogP contribution is -2.06. The number of rotatable bonds is 4. The monoisotopic (exact) mass is 279 g/mol. The third-order valence-corrected chi connectivity index (χ3v) is 3.28. The molecule has 5 heteroatoms. The smallest absolute Gasteiger partial charge is 0.131 e. The zero-order chi connectivity index (χ0) is 14.9. The van der Waals surface area contributed by atoms with Crippen LogP contribution < -0.4 is 5.32 Å². The lowest BCUT2D eigenvalue weighted by Gasteiger charge is -2.10. The molecule has 0 bridgehead atoms. The molecule has 0 radical (unpaired) electrons. The van der Waals surface area contributed by atoms with Crippen molar-refractivity contribution in [3.05, 3.63) is 46.8 Å². The van der Waals surface area contributed by atoms with Crippen LogP contribution in [0.25, 0.3) is 0 Å². The van der Waals surface area contributed by atoms with Crippen molar-refractivity contribution in [1.82, 2.24) is 9.78 Å². The van der Waals surface area contributed by atoms with Gasteiger partial charge >= 0.3 is 0 Å². The summed E-state index contributed by atoms with van der Waals surface area (Å²) in [6, 6.07) is 3.88.